The van der Waals surface area contributed by atoms with E-state index in [9.17, 15) is 40.1 Å². The molecule has 1 N–H and O–H groups in total. The molecule has 0 bridgehead atoms. The van der Waals surface area contributed by atoms with Gasteiger partial charge in [-0.3, -0.25) is 13.9 Å². The Kier molecular flexibility index (Phi) is 6.08. The van der Waals surface area contributed by atoms with Gasteiger partial charge in [0.2, 0.25) is 0 Å². The summed E-state index contributed by atoms with van der Waals surface area (Å²) >= 11 is 6.07. The Bertz CT molecular complexity index is 1260. The zero-order chi connectivity index (χ0) is 23.3. The molecular formula is C17H16ClF4N3O5S. The number of rotatable bonds is 3. The Morgan fingerprint density at radius 1 is 1.16 bits per heavy atom. The van der Waals surface area contributed by atoms with Crippen molar-refractivity contribution >= 4 is 21.9 Å². The number of hydrogen-bond donors (Lipinski definition) is 1. The standard InChI is InChI=1S/C17H16ClF4N3O5S/c1-23-14(17(20,21)22)8-15(26)25(16(23)27)13-6-9(10(18)7-11(13)19)12-4-2-3-5-24(12)31(28,29)30/h6-8,12H,2-5H2,1H3,(H,28,29,30). The molecule has 0 amide bonds. The van der Waals surface area contributed by atoms with Crippen molar-refractivity contribution in [1.29, 1.82) is 0 Å². The van der Waals surface area contributed by atoms with Crippen LogP contribution in [0.3, 0.4) is 0 Å². The van der Waals surface area contributed by atoms with Crippen LogP contribution in [0.15, 0.2) is 27.8 Å². The monoisotopic (exact) mass is 485 g/mol. The van der Waals surface area contributed by atoms with Crippen molar-refractivity contribution in [2.45, 2.75) is 31.5 Å². The molecule has 1 aromatic heterocycles. The Morgan fingerprint density at radius 2 is 1.81 bits per heavy atom. The van der Waals surface area contributed by atoms with Crippen LogP contribution in [-0.4, -0.2) is 33.0 Å². The van der Waals surface area contributed by atoms with Gasteiger partial charge in [0.1, 0.15) is 11.5 Å². The lowest BCUT2D eigenvalue weighted by Gasteiger charge is -2.33. The molecule has 1 unspecified atom stereocenters. The van der Waals surface area contributed by atoms with E-state index in [-0.39, 0.29) is 38.8 Å². The quantitative estimate of drug-likeness (QED) is 0.532. The molecule has 1 atom stereocenters. The van der Waals surface area contributed by atoms with Gasteiger partial charge in [0, 0.05) is 24.7 Å². The van der Waals surface area contributed by atoms with E-state index < -0.39 is 51.0 Å². The minimum Gasteiger partial charge on any atom is -0.292 e. The molecule has 1 aromatic carbocycles. The van der Waals surface area contributed by atoms with Crippen molar-refractivity contribution in [1.82, 2.24) is 13.4 Å². The maximum atomic E-state index is 14.6. The Balaban J connectivity index is 2.25. The van der Waals surface area contributed by atoms with Crippen molar-refractivity contribution in [3.63, 3.8) is 0 Å². The number of aromatic nitrogens is 2. The van der Waals surface area contributed by atoms with Crippen LogP contribution in [0.4, 0.5) is 17.6 Å². The second-order valence-electron chi connectivity index (χ2n) is 6.97. The zero-order valence-electron chi connectivity index (χ0n) is 15.9. The molecule has 0 aliphatic carbocycles. The molecule has 14 heteroatoms. The fourth-order valence-corrected chi connectivity index (χ4v) is 4.77. The van der Waals surface area contributed by atoms with E-state index in [2.05, 4.69) is 0 Å². The van der Waals surface area contributed by atoms with Gasteiger partial charge in [-0.1, -0.05) is 18.0 Å². The largest absolute Gasteiger partial charge is 0.431 e. The molecule has 0 saturated carbocycles. The van der Waals surface area contributed by atoms with Gasteiger partial charge < -0.3 is 0 Å². The van der Waals surface area contributed by atoms with E-state index in [1.165, 1.54) is 0 Å². The summed E-state index contributed by atoms with van der Waals surface area (Å²) in [5.41, 5.74) is -5.11. The summed E-state index contributed by atoms with van der Waals surface area (Å²) < 4.78 is 87.9. The van der Waals surface area contributed by atoms with E-state index in [1.54, 1.807) is 0 Å². The number of benzene rings is 1. The Labute approximate surface area is 178 Å². The molecule has 0 spiro atoms. The minimum absolute atomic E-state index is 0.00996. The maximum absolute atomic E-state index is 14.6. The third-order valence-electron chi connectivity index (χ3n) is 5.03. The van der Waals surface area contributed by atoms with Crippen LogP contribution in [-0.2, 0) is 23.5 Å². The minimum atomic E-state index is -4.99. The molecule has 1 saturated heterocycles. The van der Waals surface area contributed by atoms with Gasteiger partial charge in [-0.25, -0.2) is 13.8 Å². The highest BCUT2D eigenvalue weighted by atomic mass is 35.5. The Hall–Kier alpha value is -2.22. The summed E-state index contributed by atoms with van der Waals surface area (Å²) in [4.78, 5) is 24.8. The molecule has 1 aliphatic heterocycles. The highest BCUT2D eigenvalue weighted by Crippen LogP contribution is 2.38. The first-order valence-electron chi connectivity index (χ1n) is 8.87. The topological polar surface area (TPSA) is 102 Å². The summed E-state index contributed by atoms with van der Waals surface area (Å²) in [5, 5.41) is -0.237. The third-order valence-corrected chi connectivity index (χ3v) is 6.38. The number of piperidine rings is 1. The van der Waals surface area contributed by atoms with Gasteiger partial charge in [-0.15, -0.1) is 0 Å². The number of alkyl halides is 3. The molecule has 3 rings (SSSR count). The van der Waals surface area contributed by atoms with Crippen LogP contribution in [0.25, 0.3) is 5.69 Å². The average Bonchev–Trinajstić information content (AvgIpc) is 2.64. The van der Waals surface area contributed by atoms with Gasteiger partial charge in [0.05, 0.1) is 11.7 Å². The van der Waals surface area contributed by atoms with E-state index in [0.29, 0.717) is 12.8 Å². The maximum Gasteiger partial charge on any atom is 0.431 e. The van der Waals surface area contributed by atoms with E-state index in [1.807, 2.05) is 0 Å². The third kappa shape index (κ3) is 4.40. The molecule has 1 aliphatic rings. The van der Waals surface area contributed by atoms with Crippen molar-refractivity contribution < 1.29 is 30.5 Å². The zero-order valence-corrected chi connectivity index (χ0v) is 17.4. The SMILES string of the molecule is Cn1c(C(F)(F)F)cc(=O)n(-c2cc(C3CCCCN3S(=O)(=O)O)c(Cl)cc2F)c1=O. The normalized spacial score (nSPS) is 18.4. The molecule has 0 radical (unpaired) electrons. The van der Waals surface area contributed by atoms with Crippen molar-refractivity contribution in [3.8, 4) is 5.69 Å². The molecule has 31 heavy (non-hydrogen) atoms. The lowest BCUT2D eigenvalue weighted by molar-refractivity contribution is -0.144. The summed E-state index contributed by atoms with van der Waals surface area (Å²) in [6.07, 6.45) is -3.80. The van der Waals surface area contributed by atoms with Gasteiger partial charge in [0.25, 0.3) is 5.56 Å². The lowest BCUT2D eigenvalue weighted by Crippen LogP contribution is -2.41. The summed E-state index contributed by atoms with van der Waals surface area (Å²) in [6.45, 7) is -0.0471. The summed E-state index contributed by atoms with van der Waals surface area (Å²) in [5.74, 6) is -1.18. The lowest BCUT2D eigenvalue weighted by atomic mass is 9.97. The molecular weight excluding hydrogens is 470 g/mol. The number of hydrogen-bond acceptors (Lipinski definition) is 4. The first kappa shape index (κ1) is 23.4. The van der Waals surface area contributed by atoms with Gasteiger partial charge in [-0.2, -0.15) is 25.9 Å². The predicted octanol–water partition coefficient (Wildman–Crippen LogP) is 2.68. The number of halogens is 5. The fourth-order valence-electron chi connectivity index (χ4n) is 3.59. The van der Waals surface area contributed by atoms with Crippen molar-refractivity contribution in [2.75, 3.05) is 6.54 Å². The van der Waals surface area contributed by atoms with Gasteiger partial charge >= 0.3 is 22.2 Å². The van der Waals surface area contributed by atoms with Crippen molar-refractivity contribution in [2.24, 2.45) is 7.05 Å². The second-order valence-corrected chi connectivity index (χ2v) is 8.74. The van der Waals surface area contributed by atoms with E-state index >= 15 is 0 Å². The smallest absolute Gasteiger partial charge is 0.292 e. The molecule has 2 aromatic rings. The molecule has 2 heterocycles. The predicted molar refractivity (Wildman–Crippen MR) is 102 cm³/mol. The van der Waals surface area contributed by atoms with Crippen molar-refractivity contribution in [3.05, 3.63) is 61.1 Å². The molecule has 8 nitrogen and oxygen atoms in total. The summed E-state index contributed by atoms with van der Waals surface area (Å²) in [7, 11) is -3.88. The second kappa shape index (κ2) is 8.04. The molecule has 1 fully saturated rings. The van der Waals surface area contributed by atoms with Crippen LogP contribution >= 0.6 is 11.6 Å². The van der Waals surface area contributed by atoms with Crippen LogP contribution in [0.5, 0.6) is 0 Å². The van der Waals surface area contributed by atoms with Crippen LogP contribution in [0.1, 0.15) is 36.6 Å². The highest BCUT2D eigenvalue weighted by molar-refractivity contribution is 7.83. The summed E-state index contributed by atoms with van der Waals surface area (Å²) in [6, 6.07) is 0.791. The fraction of sp³-hybridized carbons (Fsp3) is 0.412. The van der Waals surface area contributed by atoms with E-state index in [0.717, 1.165) is 23.5 Å². The molecule has 170 valence electrons. The van der Waals surface area contributed by atoms with Crippen LogP contribution in [0.2, 0.25) is 5.02 Å². The van der Waals surface area contributed by atoms with E-state index in [4.69, 9.17) is 11.6 Å². The first-order chi connectivity index (χ1) is 14.2. The van der Waals surface area contributed by atoms with Crippen LogP contribution in [0, 0.1) is 5.82 Å². The number of nitrogens with zero attached hydrogens (tertiary/aromatic N) is 3. The van der Waals surface area contributed by atoms with Crippen LogP contribution < -0.4 is 11.2 Å². The highest BCUT2D eigenvalue weighted by Gasteiger charge is 2.36. The van der Waals surface area contributed by atoms with Gasteiger partial charge in [-0.05, 0) is 30.5 Å². The Morgan fingerprint density at radius 3 is 2.39 bits per heavy atom. The first-order valence-corrected chi connectivity index (χ1v) is 10.6. The van der Waals surface area contributed by atoms with Gasteiger partial charge in [0.15, 0.2) is 0 Å². The average molecular weight is 486 g/mol.